The highest BCUT2D eigenvalue weighted by Gasteiger charge is 2.06. The van der Waals surface area contributed by atoms with Crippen molar-refractivity contribution in [1.29, 1.82) is 0 Å². The molecule has 2 rings (SSSR count). The summed E-state index contributed by atoms with van der Waals surface area (Å²) in [5.74, 6) is 1.13. The Labute approximate surface area is 115 Å². The Hall–Kier alpha value is -1.94. The van der Waals surface area contributed by atoms with Gasteiger partial charge in [-0.3, -0.25) is 4.79 Å². The Morgan fingerprint density at radius 1 is 1.26 bits per heavy atom. The lowest BCUT2D eigenvalue weighted by atomic mass is 10.2. The van der Waals surface area contributed by atoms with Crippen LogP contribution in [0, 0.1) is 6.92 Å². The van der Waals surface area contributed by atoms with Crippen molar-refractivity contribution in [3.8, 4) is 11.5 Å². The van der Waals surface area contributed by atoms with Gasteiger partial charge in [-0.15, -0.1) is 0 Å². The number of hydrogen-bond donors (Lipinski definition) is 0. The zero-order valence-electron chi connectivity index (χ0n) is 10.6. The van der Waals surface area contributed by atoms with Crippen molar-refractivity contribution in [2.24, 2.45) is 0 Å². The Kier molecular flexibility index (Phi) is 4.12. The first-order chi connectivity index (χ1) is 9.10. The van der Waals surface area contributed by atoms with Gasteiger partial charge >= 0.3 is 0 Å². The number of benzene rings is 1. The lowest BCUT2D eigenvalue weighted by Crippen LogP contribution is -2.06. The number of ether oxygens (including phenoxy) is 2. The third-order valence-corrected chi connectivity index (χ3v) is 2.84. The van der Waals surface area contributed by atoms with E-state index in [-0.39, 0.29) is 17.8 Å². The SMILES string of the molecule is COc1coc(COc2cc(C)ccc2Cl)cc1=O. The van der Waals surface area contributed by atoms with E-state index in [9.17, 15) is 4.79 Å². The molecule has 0 amide bonds. The van der Waals surface area contributed by atoms with Crippen molar-refractivity contribution < 1.29 is 13.9 Å². The standard InChI is InChI=1S/C14H13ClO4/c1-9-3-4-11(15)13(5-9)19-7-10-6-12(16)14(17-2)8-18-10/h3-6,8H,7H2,1-2H3. The van der Waals surface area contributed by atoms with Crippen LogP contribution in [0.3, 0.4) is 0 Å². The fraction of sp³-hybridized carbons (Fsp3) is 0.214. The summed E-state index contributed by atoms with van der Waals surface area (Å²) in [6, 6.07) is 6.81. The Bertz CT molecular complexity index is 634. The summed E-state index contributed by atoms with van der Waals surface area (Å²) < 4.78 is 15.6. The van der Waals surface area contributed by atoms with Crippen LogP contribution >= 0.6 is 11.6 Å². The van der Waals surface area contributed by atoms with Gasteiger partial charge in [-0.1, -0.05) is 17.7 Å². The summed E-state index contributed by atoms with van der Waals surface area (Å²) >= 11 is 6.00. The van der Waals surface area contributed by atoms with Crippen LogP contribution in [0.15, 0.2) is 39.7 Å². The van der Waals surface area contributed by atoms with Crippen LogP contribution in [-0.2, 0) is 6.61 Å². The van der Waals surface area contributed by atoms with Crippen LogP contribution in [0.5, 0.6) is 11.5 Å². The molecule has 0 aliphatic carbocycles. The molecule has 0 N–H and O–H groups in total. The van der Waals surface area contributed by atoms with Gasteiger partial charge in [-0.25, -0.2) is 0 Å². The summed E-state index contributed by atoms with van der Waals surface area (Å²) in [5.41, 5.74) is 0.790. The Morgan fingerprint density at radius 3 is 2.74 bits per heavy atom. The van der Waals surface area contributed by atoms with E-state index in [4.69, 9.17) is 25.5 Å². The molecule has 2 aromatic rings. The number of aryl methyl sites for hydroxylation is 1. The smallest absolute Gasteiger partial charge is 0.227 e. The Balaban J connectivity index is 2.12. The number of methoxy groups -OCH3 is 1. The molecule has 0 atom stereocenters. The van der Waals surface area contributed by atoms with Crippen LogP contribution in [-0.4, -0.2) is 7.11 Å². The number of rotatable bonds is 4. The molecule has 0 saturated carbocycles. The van der Waals surface area contributed by atoms with Gasteiger partial charge < -0.3 is 13.9 Å². The van der Waals surface area contributed by atoms with Gasteiger partial charge in [0.25, 0.3) is 0 Å². The maximum atomic E-state index is 11.5. The van der Waals surface area contributed by atoms with E-state index in [2.05, 4.69) is 0 Å². The summed E-state index contributed by atoms with van der Waals surface area (Å²) in [7, 11) is 1.41. The molecular weight excluding hydrogens is 268 g/mol. The minimum Gasteiger partial charge on any atom is -0.490 e. The molecular formula is C14H13ClO4. The summed E-state index contributed by atoms with van der Waals surface area (Å²) in [5, 5.41) is 0.515. The van der Waals surface area contributed by atoms with Crippen LogP contribution in [0.4, 0.5) is 0 Å². The zero-order valence-corrected chi connectivity index (χ0v) is 11.4. The molecule has 0 spiro atoms. The largest absolute Gasteiger partial charge is 0.490 e. The number of hydrogen-bond acceptors (Lipinski definition) is 4. The topological polar surface area (TPSA) is 48.7 Å². The van der Waals surface area contributed by atoms with E-state index >= 15 is 0 Å². The summed E-state index contributed by atoms with van der Waals surface area (Å²) in [4.78, 5) is 11.5. The number of halogens is 1. The van der Waals surface area contributed by atoms with Gasteiger partial charge in [-0.05, 0) is 24.6 Å². The molecule has 5 heteroatoms. The molecule has 1 heterocycles. The molecule has 0 aliphatic rings. The second-order valence-corrected chi connectivity index (χ2v) is 4.41. The normalized spacial score (nSPS) is 10.3. The molecule has 0 radical (unpaired) electrons. The summed E-state index contributed by atoms with van der Waals surface area (Å²) in [6.07, 6.45) is 1.26. The van der Waals surface area contributed by atoms with E-state index in [0.29, 0.717) is 16.5 Å². The van der Waals surface area contributed by atoms with Crippen molar-refractivity contribution >= 4 is 11.6 Å². The lowest BCUT2D eigenvalue weighted by Gasteiger charge is -2.08. The van der Waals surface area contributed by atoms with E-state index in [1.165, 1.54) is 19.4 Å². The second kappa shape index (κ2) is 5.80. The van der Waals surface area contributed by atoms with Crippen molar-refractivity contribution in [3.05, 3.63) is 57.1 Å². The van der Waals surface area contributed by atoms with Crippen LogP contribution in [0.1, 0.15) is 11.3 Å². The first kappa shape index (κ1) is 13.5. The molecule has 100 valence electrons. The van der Waals surface area contributed by atoms with Gasteiger partial charge in [0.2, 0.25) is 11.2 Å². The first-order valence-corrected chi connectivity index (χ1v) is 6.02. The lowest BCUT2D eigenvalue weighted by molar-refractivity contribution is 0.262. The molecule has 0 bridgehead atoms. The molecule has 1 aromatic carbocycles. The van der Waals surface area contributed by atoms with E-state index in [1.807, 2.05) is 19.1 Å². The quantitative estimate of drug-likeness (QED) is 0.863. The molecule has 0 fully saturated rings. The van der Waals surface area contributed by atoms with Gasteiger partial charge in [0.15, 0.2) is 0 Å². The monoisotopic (exact) mass is 280 g/mol. The van der Waals surface area contributed by atoms with E-state index in [1.54, 1.807) is 6.07 Å². The fourth-order valence-corrected chi connectivity index (χ4v) is 1.71. The van der Waals surface area contributed by atoms with Gasteiger partial charge in [-0.2, -0.15) is 0 Å². The molecule has 19 heavy (non-hydrogen) atoms. The third-order valence-electron chi connectivity index (χ3n) is 2.53. The highest BCUT2D eigenvalue weighted by Crippen LogP contribution is 2.26. The van der Waals surface area contributed by atoms with Crippen LogP contribution in [0.2, 0.25) is 5.02 Å². The molecule has 0 unspecified atom stereocenters. The Morgan fingerprint density at radius 2 is 2.05 bits per heavy atom. The fourth-order valence-electron chi connectivity index (χ4n) is 1.53. The molecule has 1 aromatic heterocycles. The van der Waals surface area contributed by atoms with Crippen LogP contribution < -0.4 is 14.9 Å². The maximum Gasteiger partial charge on any atom is 0.227 e. The maximum absolute atomic E-state index is 11.5. The minimum absolute atomic E-state index is 0.127. The third kappa shape index (κ3) is 3.29. The average molecular weight is 281 g/mol. The molecule has 4 nitrogen and oxygen atoms in total. The average Bonchev–Trinajstić information content (AvgIpc) is 2.40. The van der Waals surface area contributed by atoms with Crippen molar-refractivity contribution in [3.63, 3.8) is 0 Å². The summed E-state index contributed by atoms with van der Waals surface area (Å²) in [6.45, 7) is 2.07. The van der Waals surface area contributed by atoms with Crippen molar-refractivity contribution in [1.82, 2.24) is 0 Å². The van der Waals surface area contributed by atoms with E-state index in [0.717, 1.165) is 5.56 Å². The van der Waals surface area contributed by atoms with Crippen molar-refractivity contribution in [2.75, 3.05) is 7.11 Å². The van der Waals surface area contributed by atoms with Crippen molar-refractivity contribution in [2.45, 2.75) is 13.5 Å². The molecule has 0 aliphatic heterocycles. The second-order valence-electron chi connectivity index (χ2n) is 4.00. The van der Waals surface area contributed by atoms with Gasteiger partial charge in [0.05, 0.1) is 12.1 Å². The highest BCUT2D eigenvalue weighted by atomic mass is 35.5. The zero-order chi connectivity index (χ0) is 13.8. The van der Waals surface area contributed by atoms with Gasteiger partial charge in [0, 0.05) is 6.07 Å². The highest BCUT2D eigenvalue weighted by molar-refractivity contribution is 6.32. The minimum atomic E-state index is -0.248. The predicted octanol–water partition coefficient (Wildman–Crippen LogP) is 3.19. The predicted molar refractivity (Wildman–Crippen MR) is 72.1 cm³/mol. The molecule has 0 saturated heterocycles. The first-order valence-electron chi connectivity index (χ1n) is 5.65. The van der Waals surface area contributed by atoms with Crippen LogP contribution in [0.25, 0.3) is 0 Å². The van der Waals surface area contributed by atoms with Gasteiger partial charge in [0.1, 0.15) is 24.4 Å². The van der Waals surface area contributed by atoms with E-state index < -0.39 is 0 Å².